The zero-order valence-electron chi connectivity index (χ0n) is 27.3. The fourth-order valence-corrected chi connectivity index (χ4v) is 6.29. The van der Waals surface area contributed by atoms with E-state index in [2.05, 4.69) is 58.9 Å². The molecule has 0 bridgehead atoms. The van der Waals surface area contributed by atoms with E-state index in [1.165, 1.54) is 0 Å². The molecule has 3 rings (SSSR count). The fraction of sp³-hybridized carbons (Fsp3) is 0.516. The van der Waals surface area contributed by atoms with Gasteiger partial charge in [-0.3, -0.25) is 14.5 Å². The second-order valence-electron chi connectivity index (χ2n) is 13.6. The Labute approximate surface area is 258 Å². The molecule has 2 N–H and O–H groups in total. The Morgan fingerprint density at radius 1 is 1.09 bits per heavy atom. The lowest BCUT2D eigenvalue weighted by molar-refractivity contribution is -0.186. The van der Waals surface area contributed by atoms with E-state index in [9.17, 15) is 14.4 Å². The summed E-state index contributed by atoms with van der Waals surface area (Å²) in [5, 5.41) is 5.46. The summed E-state index contributed by atoms with van der Waals surface area (Å²) in [6, 6.07) is 10.8. The molecule has 0 radical (unpaired) electrons. The third-order valence-electron chi connectivity index (χ3n) is 8.74. The van der Waals surface area contributed by atoms with Crippen molar-refractivity contribution >= 4 is 47.7 Å². The Morgan fingerprint density at radius 3 is 2.30 bits per heavy atom. The van der Waals surface area contributed by atoms with Gasteiger partial charge in [0.25, 0.3) is 0 Å². The Kier molecular flexibility index (Phi) is 10.7. The zero-order chi connectivity index (χ0) is 32.2. The molecule has 0 spiro atoms. The predicted octanol–water partition coefficient (Wildman–Crippen LogP) is 1.00. The number of benzene rings is 2. The van der Waals surface area contributed by atoms with Crippen LogP contribution in [-0.4, -0.2) is 95.6 Å². The van der Waals surface area contributed by atoms with Gasteiger partial charge in [0.2, 0.25) is 5.91 Å². The van der Waals surface area contributed by atoms with Crippen LogP contribution in [0.15, 0.2) is 36.4 Å². The maximum Gasteiger partial charge on any atom is 0.231 e. The van der Waals surface area contributed by atoms with Gasteiger partial charge in [0, 0.05) is 56.5 Å². The lowest BCUT2D eigenvalue weighted by atomic mass is 9.56. The first kappa shape index (κ1) is 34.5. The van der Waals surface area contributed by atoms with E-state index < -0.39 is 10.8 Å². The van der Waals surface area contributed by atoms with Crippen molar-refractivity contribution in [3.63, 3.8) is 0 Å². The average Bonchev–Trinajstić information content (AvgIpc) is 2.93. The van der Waals surface area contributed by atoms with Crippen molar-refractivity contribution in [2.24, 2.45) is 0 Å². The average molecular weight is 590 g/mol. The van der Waals surface area contributed by atoms with Crippen LogP contribution in [0.3, 0.4) is 0 Å². The van der Waals surface area contributed by atoms with Crippen molar-refractivity contribution in [2.45, 2.75) is 75.6 Å². The monoisotopic (exact) mass is 590 g/mol. The summed E-state index contributed by atoms with van der Waals surface area (Å²) in [5.74, 6) is -0.489. The molecule has 230 valence electrons. The predicted molar refractivity (Wildman–Crippen MR) is 177 cm³/mol. The minimum Gasteiger partial charge on any atom is -0.381 e. The van der Waals surface area contributed by atoms with Crippen molar-refractivity contribution in [3.8, 4) is 0 Å². The highest BCUT2D eigenvalue weighted by atomic mass is 19.1. The SMILES string of the molecule is BC(CCC=O)(C(=O)NC)N(C)Cc1c(C=O)cccc1NCc1cccc(C(B)(B)N2CC(C)(C)OC(C)(C)C2)c1F. The highest BCUT2D eigenvalue weighted by Gasteiger charge is 2.44. The Morgan fingerprint density at radius 2 is 1.72 bits per heavy atom. The van der Waals surface area contributed by atoms with Gasteiger partial charge >= 0.3 is 0 Å². The number of hydrogen-bond acceptors (Lipinski definition) is 7. The van der Waals surface area contributed by atoms with Crippen LogP contribution in [0.25, 0.3) is 0 Å². The largest absolute Gasteiger partial charge is 0.381 e. The molecule has 1 aliphatic rings. The van der Waals surface area contributed by atoms with Gasteiger partial charge in [0.15, 0.2) is 0 Å². The van der Waals surface area contributed by atoms with Gasteiger partial charge in [0.05, 0.1) is 16.6 Å². The summed E-state index contributed by atoms with van der Waals surface area (Å²) in [6.45, 7) is 10.1. The van der Waals surface area contributed by atoms with Gasteiger partial charge < -0.3 is 25.1 Å². The van der Waals surface area contributed by atoms with Crippen molar-refractivity contribution in [1.29, 1.82) is 0 Å². The summed E-state index contributed by atoms with van der Waals surface area (Å²) >= 11 is 0. The second-order valence-corrected chi connectivity index (χ2v) is 13.6. The van der Waals surface area contributed by atoms with Crippen molar-refractivity contribution in [2.75, 3.05) is 32.5 Å². The fourth-order valence-electron chi connectivity index (χ4n) is 6.29. The molecule has 1 saturated heterocycles. The number of amides is 1. The third-order valence-corrected chi connectivity index (χ3v) is 8.74. The van der Waals surface area contributed by atoms with Crippen LogP contribution in [0.5, 0.6) is 0 Å². The van der Waals surface area contributed by atoms with E-state index in [-0.39, 0.29) is 42.4 Å². The number of carbonyl (C=O) groups excluding carboxylic acids is 3. The van der Waals surface area contributed by atoms with Crippen molar-refractivity contribution < 1.29 is 23.5 Å². The lowest BCUT2D eigenvalue weighted by Gasteiger charge is -2.53. The molecule has 1 amide bonds. The Balaban J connectivity index is 1.90. The number of carbonyl (C=O) groups is 3. The topological polar surface area (TPSA) is 91.0 Å². The molecule has 0 aromatic heterocycles. The summed E-state index contributed by atoms with van der Waals surface area (Å²) in [6.07, 6.45) is 2.13. The number of nitrogens with one attached hydrogen (secondary N) is 2. The molecule has 1 heterocycles. The van der Waals surface area contributed by atoms with E-state index in [0.29, 0.717) is 47.5 Å². The minimum atomic E-state index is -0.975. The number of morpholine rings is 1. The van der Waals surface area contributed by atoms with Gasteiger partial charge in [-0.05, 0) is 63.7 Å². The molecule has 2 aromatic rings. The van der Waals surface area contributed by atoms with Gasteiger partial charge in [0.1, 0.15) is 41.9 Å². The second kappa shape index (κ2) is 13.4. The Hall–Kier alpha value is -2.95. The molecule has 1 unspecified atom stereocenters. The molecule has 0 saturated carbocycles. The van der Waals surface area contributed by atoms with E-state index in [0.717, 1.165) is 12.6 Å². The molecule has 1 aliphatic heterocycles. The standard InChI is InChI=1S/C31H46B3FN4O4/c1-28(2)19-39(20-29(3,4)43-28)31(33,34)24-12-7-10-21(26(24)35)16-37-25-13-8-11-22(18-41)23(25)17-38(6)30(32,14-9-15-40)27(42)36-5/h7-8,10-13,15,18,37H,9,14,16-17,19-20,32-34H2,1-6H3,(H,36,42). The number of ether oxygens (including phenoxy) is 1. The molecule has 43 heavy (non-hydrogen) atoms. The quantitative estimate of drug-likeness (QED) is 0.266. The van der Waals surface area contributed by atoms with Crippen molar-refractivity contribution in [1.82, 2.24) is 15.1 Å². The van der Waals surface area contributed by atoms with Crippen LogP contribution in [0.1, 0.15) is 67.6 Å². The van der Waals surface area contributed by atoms with Crippen LogP contribution < -0.4 is 10.6 Å². The maximum atomic E-state index is 16.2. The highest BCUT2D eigenvalue weighted by molar-refractivity contribution is 6.39. The minimum absolute atomic E-state index is 0.201. The molecule has 12 heteroatoms. The summed E-state index contributed by atoms with van der Waals surface area (Å²) in [5.41, 5.74) is 1.23. The first-order chi connectivity index (χ1) is 20.0. The number of rotatable bonds is 13. The number of halogens is 1. The molecular formula is C31H46B3FN4O4. The Bertz CT molecular complexity index is 1320. The van der Waals surface area contributed by atoms with Crippen LogP contribution in [0, 0.1) is 5.82 Å². The lowest BCUT2D eigenvalue weighted by Crippen LogP contribution is -2.63. The maximum absolute atomic E-state index is 16.2. The normalized spacial score (nSPS) is 18.0. The van der Waals surface area contributed by atoms with Gasteiger partial charge in [-0.15, -0.1) is 0 Å². The molecule has 2 aromatic carbocycles. The summed E-state index contributed by atoms with van der Waals surface area (Å²) in [7, 11) is 9.24. The summed E-state index contributed by atoms with van der Waals surface area (Å²) in [4.78, 5) is 40.2. The molecular weight excluding hydrogens is 544 g/mol. The third kappa shape index (κ3) is 7.77. The van der Waals surface area contributed by atoms with Gasteiger partial charge in [-0.25, -0.2) is 4.39 Å². The zero-order valence-corrected chi connectivity index (χ0v) is 27.3. The van der Waals surface area contributed by atoms with E-state index in [4.69, 9.17) is 4.74 Å². The first-order valence-electron chi connectivity index (χ1n) is 14.9. The molecule has 1 fully saturated rings. The summed E-state index contributed by atoms with van der Waals surface area (Å²) < 4.78 is 22.5. The number of aldehydes is 2. The van der Waals surface area contributed by atoms with Crippen LogP contribution in [0.2, 0.25) is 0 Å². The number of likely N-dealkylation sites (N-methyl/N-ethyl adjacent to an activating group) is 2. The highest BCUT2D eigenvalue weighted by Crippen LogP contribution is 2.36. The number of anilines is 1. The van der Waals surface area contributed by atoms with Crippen molar-refractivity contribution in [3.05, 3.63) is 64.5 Å². The van der Waals surface area contributed by atoms with E-state index in [1.807, 2.05) is 23.1 Å². The molecule has 1 atom stereocenters. The van der Waals surface area contributed by atoms with Gasteiger partial charge in [-0.2, -0.15) is 0 Å². The van der Waals surface area contributed by atoms with E-state index >= 15 is 4.39 Å². The number of nitrogens with zero attached hydrogens (tertiary/aromatic N) is 2. The van der Waals surface area contributed by atoms with E-state index in [1.54, 1.807) is 40.1 Å². The smallest absolute Gasteiger partial charge is 0.231 e. The number of hydrogen-bond donors (Lipinski definition) is 2. The van der Waals surface area contributed by atoms with Crippen LogP contribution >= 0.6 is 0 Å². The van der Waals surface area contributed by atoms with Crippen LogP contribution in [0.4, 0.5) is 10.1 Å². The van der Waals surface area contributed by atoms with Crippen LogP contribution in [-0.2, 0) is 32.8 Å². The van der Waals surface area contributed by atoms with Gasteiger partial charge in [-0.1, -0.05) is 30.3 Å². The molecule has 8 nitrogen and oxygen atoms in total. The molecule has 0 aliphatic carbocycles. The first-order valence-corrected chi connectivity index (χ1v) is 14.9.